The predicted molar refractivity (Wildman–Crippen MR) is 106 cm³/mol. The molecule has 3 nitrogen and oxygen atoms in total. The Kier molecular flexibility index (Phi) is 7.21. The van der Waals surface area contributed by atoms with Crippen molar-refractivity contribution in [3.8, 4) is 0 Å². The molecule has 0 aliphatic heterocycles. The Labute approximate surface area is 162 Å². The van der Waals surface area contributed by atoms with E-state index in [1.165, 1.54) is 0 Å². The van der Waals surface area contributed by atoms with Crippen molar-refractivity contribution in [3.63, 3.8) is 0 Å². The Morgan fingerprint density at radius 2 is 0.880 bits per heavy atom. The molecule has 2 aromatic rings. The fraction of sp³-hybridized carbons (Fsp3) is 0.300. The van der Waals surface area contributed by atoms with Crippen molar-refractivity contribution in [1.29, 1.82) is 0 Å². The van der Waals surface area contributed by atoms with E-state index < -0.39 is 18.8 Å². The van der Waals surface area contributed by atoms with Gasteiger partial charge in [-0.1, -0.05) is 35.4 Å². The van der Waals surface area contributed by atoms with Crippen LogP contribution in [0.15, 0.2) is 24.3 Å². The van der Waals surface area contributed by atoms with Gasteiger partial charge in [0.2, 0.25) is 18.8 Å². The molecule has 0 amide bonds. The predicted octanol–water partition coefficient (Wildman–Crippen LogP) is 4.43. The zero-order chi connectivity index (χ0) is 18.2. The maximum atomic E-state index is 12.7. The van der Waals surface area contributed by atoms with E-state index in [2.05, 4.69) is 0 Å². The molecule has 0 aliphatic carbocycles. The number of hydrogen-bond donors (Lipinski definition) is 0. The fourth-order valence-electron chi connectivity index (χ4n) is 3.41. The quantitative estimate of drug-likeness (QED) is 0.605. The molecule has 0 aromatic heterocycles. The molecule has 128 valence electrons. The molecule has 25 heavy (non-hydrogen) atoms. The monoisotopic (exact) mass is 350 g/mol. The van der Waals surface area contributed by atoms with Crippen LogP contribution in [0, 0.1) is 41.5 Å². The van der Waals surface area contributed by atoms with Crippen LogP contribution in [0.5, 0.6) is 0 Å². The van der Waals surface area contributed by atoms with Crippen molar-refractivity contribution in [2.45, 2.75) is 41.5 Å². The van der Waals surface area contributed by atoms with E-state index in [0.717, 1.165) is 33.4 Å². The first-order valence-corrected chi connectivity index (χ1v) is 9.33. The van der Waals surface area contributed by atoms with Crippen molar-refractivity contribution < 1.29 is 14.2 Å². The SMILES string of the molecule is Cc1cc(C)c(C(=O)[PH](=O)C(=O)c2c(C)cc(C)cc2C)c(C)c1.[LiH]. The summed E-state index contributed by atoms with van der Waals surface area (Å²) in [4.78, 5) is 25.4. The summed E-state index contributed by atoms with van der Waals surface area (Å²) < 4.78 is 12.7. The Morgan fingerprint density at radius 3 is 1.12 bits per heavy atom. The second-order valence-electron chi connectivity index (χ2n) is 6.53. The van der Waals surface area contributed by atoms with E-state index in [0.29, 0.717) is 11.1 Å². The van der Waals surface area contributed by atoms with Gasteiger partial charge in [0.1, 0.15) is 0 Å². The van der Waals surface area contributed by atoms with Gasteiger partial charge in [0, 0.05) is 11.1 Å². The zero-order valence-electron chi connectivity index (χ0n) is 15.0. The normalized spacial score (nSPS) is 10.5. The van der Waals surface area contributed by atoms with Crippen LogP contribution in [0.2, 0.25) is 0 Å². The van der Waals surface area contributed by atoms with Crippen LogP contribution in [0.4, 0.5) is 0 Å². The van der Waals surface area contributed by atoms with E-state index in [-0.39, 0.29) is 18.9 Å². The molecule has 5 heteroatoms. The van der Waals surface area contributed by atoms with Crippen LogP contribution < -0.4 is 0 Å². The first kappa shape index (κ1) is 21.6. The molecule has 0 radical (unpaired) electrons. The van der Waals surface area contributed by atoms with Crippen LogP contribution in [-0.4, -0.2) is 29.9 Å². The second-order valence-corrected chi connectivity index (χ2v) is 8.10. The molecule has 0 heterocycles. The topological polar surface area (TPSA) is 51.2 Å². The zero-order valence-corrected chi connectivity index (χ0v) is 16.0. The Balaban J connectivity index is 0.00000312. The Hall–Kier alpha value is -1.39. The van der Waals surface area contributed by atoms with E-state index >= 15 is 0 Å². The molecule has 0 atom stereocenters. The Morgan fingerprint density at radius 1 is 0.640 bits per heavy atom. The maximum absolute atomic E-state index is 12.7. The molecular formula is C20H24LiO3P. The number of rotatable bonds is 4. The summed E-state index contributed by atoms with van der Waals surface area (Å²) in [5.74, 6) is 0. The van der Waals surface area contributed by atoms with Crippen molar-refractivity contribution >= 4 is 37.7 Å². The summed E-state index contributed by atoms with van der Waals surface area (Å²) in [5, 5.41) is 0. The van der Waals surface area contributed by atoms with Crippen molar-refractivity contribution in [3.05, 3.63) is 68.8 Å². The van der Waals surface area contributed by atoms with Crippen LogP contribution in [0.25, 0.3) is 0 Å². The third kappa shape index (κ3) is 4.42. The summed E-state index contributed by atoms with van der Waals surface area (Å²) in [5.41, 5.74) is 4.89. The molecule has 0 aliphatic rings. The van der Waals surface area contributed by atoms with E-state index in [9.17, 15) is 14.2 Å². The van der Waals surface area contributed by atoms with Gasteiger partial charge in [0.25, 0.3) is 0 Å². The minimum absolute atomic E-state index is 0. The van der Waals surface area contributed by atoms with Gasteiger partial charge in [-0.15, -0.1) is 0 Å². The molecule has 0 spiro atoms. The third-order valence-corrected chi connectivity index (χ3v) is 5.55. The standard InChI is InChI=1S/C20H23O3P.Li.H/c1-11-7-13(3)17(14(4)8-11)19(21)24(23)20(22)18-15(5)9-12(2)10-16(18)6;;/h7-10,24H,1-6H3;;. The van der Waals surface area contributed by atoms with Crippen molar-refractivity contribution in [2.75, 3.05) is 0 Å². The molecule has 0 bridgehead atoms. The molecule has 2 rings (SSSR count). The van der Waals surface area contributed by atoms with Gasteiger partial charge in [-0.25, -0.2) is 0 Å². The van der Waals surface area contributed by atoms with Gasteiger partial charge in [-0.2, -0.15) is 0 Å². The van der Waals surface area contributed by atoms with Gasteiger partial charge in [-0.05, 0) is 63.8 Å². The van der Waals surface area contributed by atoms with Crippen molar-refractivity contribution in [2.24, 2.45) is 0 Å². The van der Waals surface area contributed by atoms with Crippen molar-refractivity contribution in [1.82, 2.24) is 0 Å². The number of carbonyl (C=O) groups excluding carboxylic acids is 2. The van der Waals surface area contributed by atoms with Gasteiger partial charge < -0.3 is 4.57 Å². The molecular weight excluding hydrogens is 326 g/mol. The molecule has 0 N–H and O–H groups in total. The van der Waals surface area contributed by atoms with E-state index in [4.69, 9.17) is 0 Å². The first-order chi connectivity index (χ1) is 11.1. The number of carbonyl (C=O) groups is 2. The number of hydrogen-bond acceptors (Lipinski definition) is 3. The summed E-state index contributed by atoms with van der Waals surface area (Å²) in [7, 11) is -3.09. The molecule has 2 aromatic carbocycles. The van der Waals surface area contributed by atoms with Crippen LogP contribution in [-0.2, 0) is 4.57 Å². The molecule has 0 unspecified atom stereocenters. The number of aryl methyl sites for hydroxylation is 6. The average molecular weight is 350 g/mol. The van der Waals surface area contributed by atoms with E-state index in [1.807, 2.05) is 65.8 Å². The van der Waals surface area contributed by atoms with Gasteiger partial charge in [-0.3, -0.25) is 9.59 Å². The Bertz CT molecular complexity index is 767. The summed E-state index contributed by atoms with van der Waals surface area (Å²) in [6, 6.07) is 7.51. The minimum atomic E-state index is -3.09. The van der Waals surface area contributed by atoms with Crippen LogP contribution >= 0.6 is 7.80 Å². The second kappa shape index (κ2) is 8.32. The van der Waals surface area contributed by atoms with Gasteiger partial charge >= 0.3 is 18.9 Å². The summed E-state index contributed by atoms with van der Waals surface area (Å²) in [6.07, 6.45) is 0. The average Bonchev–Trinajstić information content (AvgIpc) is 2.43. The number of benzene rings is 2. The molecule has 0 saturated heterocycles. The molecule has 0 saturated carbocycles. The van der Waals surface area contributed by atoms with E-state index in [1.54, 1.807) is 0 Å². The summed E-state index contributed by atoms with van der Waals surface area (Å²) >= 11 is 0. The first-order valence-electron chi connectivity index (χ1n) is 7.92. The molecule has 0 fully saturated rings. The third-order valence-electron chi connectivity index (χ3n) is 4.22. The van der Waals surface area contributed by atoms with Crippen LogP contribution in [0.3, 0.4) is 0 Å². The fourth-order valence-corrected chi connectivity index (χ4v) is 4.86. The summed E-state index contributed by atoms with van der Waals surface area (Å²) in [6.45, 7) is 11.2. The van der Waals surface area contributed by atoms with Gasteiger partial charge in [0.15, 0.2) is 0 Å². The van der Waals surface area contributed by atoms with Gasteiger partial charge in [0.05, 0.1) is 0 Å². The van der Waals surface area contributed by atoms with Crippen LogP contribution in [0.1, 0.15) is 54.1 Å².